The van der Waals surface area contributed by atoms with E-state index in [0.29, 0.717) is 17.4 Å². The number of anilines is 3. The summed E-state index contributed by atoms with van der Waals surface area (Å²) in [6, 6.07) is 26.2. The van der Waals surface area contributed by atoms with Crippen LogP contribution in [-0.2, 0) is 11.2 Å². The summed E-state index contributed by atoms with van der Waals surface area (Å²) in [6.07, 6.45) is 3.97. The normalized spacial score (nSPS) is 15.8. The lowest BCUT2D eigenvalue weighted by Gasteiger charge is -2.38. The van der Waals surface area contributed by atoms with E-state index in [1.165, 1.54) is 0 Å². The smallest absolute Gasteiger partial charge is 0.232 e. The van der Waals surface area contributed by atoms with Gasteiger partial charge < -0.3 is 15.5 Å². The third-order valence-corrected chi connectivity index (χ3v) is 7.20. The van der Waals surface area contributed by atoms with Crippen LogP contribution in [0.4, 0.5) is 17.1 Å². The second-order valence-electron chi connectivity index (χ2n) is 10.3. The summed E-state index contributed by atoms with van der Waals surface area (Å²) >= 11 is 6.23. The number of nitrogens with zero attached hydrogens (tertiary/aromatic N) is 2. The van der Waals surface area contributed by atoms with Gasteiger partial charge in [0, 0.05) is 47.1 Å². The molecular formula is C32H33ClN4O. The van der Waals surface area contributed by atoms with E-state index in [-0.39, 0.29) is 18.0 Å². The fourth-order valence-corrected chi connectivity index (χ4v) is 5.07. The van der Waals surface area contributed by atoms with Crippen molar-refractivity contribution < 1.29 is 4.79 Å². The van der Waals surface area contributed by atoms with Crippen molar-refractivity contribution in [2.75, 3.05) is 22.1 Å². The fourth-order valence-electron chi connectivity index (χ4n) is 4.94. The Morgan fingerprint density at radius 1 is 0.921 bits per heavy atom. The molecule has 2 unspecified atom stereocenters. The van der Waals surface area contributed by atoms with Crippen LogP contribution in [-0.4, -0.2) is 17.4 Å². The van der Waals surface area contributed by atoms with Crippen molar-refractivity contribution in [3.63, 3.8) is 0 Å². The molecular weight excluding hydrogens is 492 g/mol. The highest BCUT2D eigenvalue weighted by Crippen LogP contribution is 2.40. The van der Waals surface area contributed by atoms with Crippen LogP contribution in [0.25, 0.3) is 0 Å². The van der Waals surface area contributed by atoms with Crippen LogP contribution < -0.4 is 15.5 Å². The summed E-state index contributed by atoms with van der Waals surface area (Å²) in [4.78, 5) is 19.6. The molecule has 4 aromatic rings. The number of carbonyl (C=O) groups excluding carboxylic acids is 1. The van der Waals surface area contributed by atoms with Gasteiger partial charge in [-0.2, -0.15) is 0 Å². The largest absolute Gasteiger partial charge is 0.385 e. The lowest BCUT2D eigenvalue weighted by atomic mass is 9.87. The maximum Gasteiger partial charge on any atom is 0.232 e. The molecule has 1 amide bonds. The van der Waals surface area contributed by atoms with Crippen molar-refractivity contribution in [2.24, 2.45) is 5.92 Å². The van der Waals surface area contributed by atoms with Gasteiger partial charge in [0.25, 0.3) is 0 Å². The molecule has 3 aromatic carbocycles. The summed E-state index contributed by atoms with van der Waals surface area (Å²) in [5.41, 5.74) is 7.31. The van der Waals surface area contributed by atoms with Crippen LogP contribution in [0.3, 0.4) is 0 Å². The first-order valence-corrected chi connectivity index (χ1v) is 13.5. The molecule has 0 spiro atoms. The van der Waals surface area contributed by atoms with Gasteiger partial charge in [0.05, 0.1) is 12.5 Å². The third kappa shape index (κ3) is 5.68. The molecule has 0 saturated carbocycles. The highest BCUT2D eigenvalue weighted by atomic mass is 35.5. The van der Waals surface area contributed by atoms with Gasteiger partial charge in [-0.05, 0) is 95.8 Å². The molecule has 0 bridgehead atoms. The van der Waals surface area contributed by atoms with Crippen molar-refractivity contribution in [2.45, 2.75) is 39.3 Å². The minimum Gasteiger partial charge on any atom is -0.385 e. The molecule has 0 saturated heterocycles. The molecule has 2 atom stereocenters. The zero-order valence-electron chi connectivity index (χ0n) is 22.0. The van der Waals surface area contributed by atoms with E-state index >= 15 is 0 Å². The number of carbonyl (C=O) groups is 1. The first-order chi connectivity index (χ1) is 18.4. The molecule has 0 fully saturated rings. The van der Waals surface area contributed by atoms with Gasteiger partial charge in [-0.15, -0.1) is 0 Å². The Morgan fingerprint density at radius 3 is 2.29 bits per heavy atom. The minimum absolute atomic E-state index is 0.0752. The summed E-state index contributed by atoms with van der Waals surface area (Å²) < 4.78 is 0. The zero-order chi connectivity index (χ0) is 26.6. The molecule has 5 rings (SSSR count). The molecule has 1 aliphatic rings. The summed E-state index contributed by atoms with van der Waals surface area (Å²) in [6.45, 7) is 7.40. The number of hydrogen-bond donors (Lipinski definition) is 2. The molecule has 38 heavy (non-hydrogen) atoms. The molecule has 1 aromatic heterocycles. The van der Waals surface area contributed by atoms with Crippen LogP contribution in [0.2, 0.25) is 5.02 Å². The van der Waals surface area contributed by atoms with E-state index in [4.69, 9.17) is 11.6 Å². The highest BCUT2D eigenvalue weighted by Gasteiger charge is 2.35. The predicted octanol–water partition coefficient (Wildman–Crippen LogP) is 7.65. The van der Waals surface area contributed by atoms with Crippen molar-refractivity contribution in [1.82, 2.24) is 4.98 Å². The minimum atomic E-state index is -0.251. The molecule has 0 aliphatic carbocycles. The monoisotopic (exact) mass is 524 g/mol. The van der Waals surface area contributed by atoms with Gasteiger partial charge in [0.1, 0.15) is 0 Å². The number of halogens is 1. The molecule has 194 valence electrons. The Kier molecular flexibility index (Phi) is 7.66. The topological polar surface area (TPSA) is 57.3 Å². The van der Waals surface area contributed by atoms with E-state index in [0.717, 1.165) is 45.9 Å². The Morgan fingerprint density at radius 2 is 1.61 bits per heavy atom. The third-order valence-electron chi connectivity index (χ3n) is 6.94. The van der Waals surface area contributed by atoms with Crippen molar-refractivity contribution in [3.8, 4) is 0 Å². The Hall–Kier alpha value is -3.83. The van der Waals surface area contributed by atoms with Gasteiger partial charge in [-0.25, -0.2) is 0 Å². The number of amides is 1. The molecule has 2 heterocycles. The van der Waals surface area contributed by atoms with Gasteiger partial charge in [0.15, 0.2) is 0 Å². The first-order valence-electron chi connectivity index (χ1n) is 13.1. The highest BCUT2D eigenvalue weighted by molar-refractivity contribution is 6.30. The molecule has 6 heteroatoms. The maximum absolute atomic E-state index is 13.6. The van der Waals surface area contributed by atoms with Gasteiger partial charge >= 0.3 is 0 Å². The number of fused-ring (bicyclic) bond motifs is 1. The maximum atomic E-state index is 13.6. The molecule has 0 radical (unpaired) electrons. The Labute approximate surface area is 229 Å². The van der Waals surface area contributed by atoms with Crippen molar-refractivity contribution >= 4 is 34.6 Å². The number of nitrogens with one attached hydrogen (secondary N) is 2. The number of aromatic nitrogens is 1. The van der Waals surface area contributed by atoms with E-state index in [1.54, 1.807) is 12.4 Å². The number of hydrogen-bond acceptors (Lipinski definition) is 4. The van der Waals surface area contributed by atoms with Gasteiger partial charge in [0.2, 0.25) is 5.91 Å². The summed E-state index contributed by atoms with van der Waals surface area (Å²) in [5.74, 6) is 0.607. The summed E-state index contributed by atoms with van der Waals surface area (Å²) in [7, 11) is 0. The molecule has 5 nitrogen and oxygen atoms in total. The average Bonchev–Trinajstić information content (AvgIpc) is 2.93. The number of rotatable bonds is 8. The average molecular weight is 525 g/mol. The van der Waals surface area contributed by atoms with E-state index < -0.39 is 0 Å². The van der Waals surface area contributed by atoms with Crippen LogP contribution >= 0.6 is 11.6 Å². The van der Waals surface area contributed by atoms with Crippen LogP contribution in [0.15, 0.2) is 91.3 Å². The standard InChI is InChI=1S/C32H33ClN4O/c1-21(2)20-35-28-9-6-25-18-31(38)37(32(30(25)19-28)24-4-7-26(33)8-5-24)29-12-10-27(11-13-29)36-22(3)23-14-16-34-17-15-23/h4-17,19,21-22,32,35-36H,18,20H2,1-3H3. The quantitative estimate of drug-likeness (QED) is 0.248. The second kappa shape index (κ2) is 11.3. The predicted molar refractivity (Wildman–Crippen MR) is 157 cm³/mol. The van der Waals surface area contributed by atoms with Crippen molar-refractivity contribution in [1.29, 1.82) is 0 Å². The summed E-state index contributed by atoms with van der Waals surface area (Å²) in [5, 5.41) is 7.76. The van der Waals surface area contributed by atoms with E-state index in [2.05, 4.69) is 54.6 Å². The lowest BCUT2D eigenvalue weighted by molar-refractivity contribution is -0.118. The number of benzene rings is 3. The Balaban J connectivity index is 1.49. The zero-order valence-corrected chi connectivity index (χ0v) is 22.7. The molecule has 1 aliphatic heterocycles. The fraction of sp³-hybridized carbons (Fsp3) is 0.250. The van der Waals surface area contributed by atoms with Crippen LogP contribution in [0, 0.1) is 5.92 Å². The SMILES string of the molecule is CC(C)CNc1ccc2c(c1)C(c1ccc(Cl)cc1)N(c1ccc(NC(C)c3ccncc3)cc1)C(=O)C2. The van der Waals surface area contributed by atoms with E-state index in [1.807, 2.05) is 65.6 Å². The van der Waals surface area contributed by atoms with Crippen LogP contribution in [0.5, 0.6) is 0 Å². The van der Waals surface area contributed by atoms with E-state index in [9.17, 15) is 4.79 Å². The van der Waals surface area contributed by atoms with Crippen molar-refractivity contribution in [3.05, 3.63) is 119 Å². The second-order valence-corrected chi connectivity index (χ2v) is 10.7. The number of pyridine rings is 1. The van der Waals surface area contributed by atoms with Gasteiger partial charge in [-0.1, -0.05) is 43.6 Å². The Bertz CT molecular complexity index is 1390. The van der Waals surface area contributed by atoms with Gasteiger partial charge in [-0.3, -0.25) is 9.78 Å². The lowest BCUT2D eigenvalue weighted by Crippen LogP contribution is -2.41. The molecule has 2 N–H and O–H groups in total. The van der Waals surface area contributed by atoms with Crippen LogP contribution in [0.1, 0.15) is 55.1 Å². The first kappa shape index (κ1) is 25.8.